The average molecular weight is 301 g/mol. The Morgan fingerprint density at radius 1 is 1.32 bits per heavy atom. The van der Waals surface area contributed by atoms with Crippen LogP contribution in [-0.4, -0.2) is 8.42 Å². The number of nitrogens with one attached hydrogen (secondary N) is 1. The van der Waals surface area contributed by atoms with E-state index in [9.17, 15) is 8.42 Å². The molecule has 0 aliphatic heterocycles. The van der Waals surface area contributed by atoms with Crippen LogP contribution in [0, 0.1) is 6.92 Å². The molecule has 5 nitrogen and oxygen atoms in total. The van der Waals surface area contributed by atoms with E-state index < -0.39 is 10.0 Å². The molecule has 1 heterocycles. The number of halogens is 1. The molecule has 0 amide bonds. The third-order valence-corrected chi connectivity index (χ3v) is 3.67. The lowest BCUT2D eigenvalue weighted by Crippen LogP contribution is -2.10. The molecule has 0 radical (unpaired) electrons. The zero-order chi connectivity index (χ0) is 14.0. The summed E-state index contributed by atoms with van der Waals surface area (Å²) < 4.78 is 27.3. The highest BCUT2D eigenvalue weighted by atomic mass is 35.5. The van der Waals surface area contributed by atoms with E-state index in [1.165, 1.54) is 6.07 Å². The highest BCUT2D eigenvalue weighted by molar-refractivity contribution is 7.89. The number of primary sulfonamides is 1. The average Bonchev–Trinajstić information content (AvgIpc) is 2.77. The number of hydrogen-bond donors (Lipinski definition) is 2. The Bertz CT molecular complexity index is 675. The number of anilines is 1. The van der Waals surface area contributed by atoms with Crippen molar-refractivity contribution in [3.05, 3.63) is 46.7 Å². The van der Waals surface area contributed by atoms with Gasteiger partial charge in [0.15, 0.2) is 0 Å². The predicted octanol–water partition coefficient (Wildman–Crippen LogP) is 2.50. The monoisotopic (exact) mass is 300 g/mol. The van der Waals surface area contributed by atoms with Crippen LogP contribution < -0.4 is 10.5 Å². The van der Waals surface area contributed by atoms with Crippen LogP contribution in [0.25, 0.3) is 0 Å². The van der Waals surface area contributed by atoms with Crippen molar-refractivity contribution in [3.8, 4) is 0 Å². The molecule has 0 aliphatic rings. The van der Waals surface area contributed by atoms with E-state index in [4.69, 9.17) is 21.2 Å². The minimum atomic E-state index is -3.80. The van der Waals surface area contributed by atoms with Crippen molar-refractivity contribution < 1.29 is 12.8 Å². The van der Waals surface area contributed by atoms with Crippen molar-refractivity contribution in [3.63, 3.8) is 0 Å². The fourth-order valence-corrected chi connectivity index (χ4v) is 2.41. The highest BCUT2D eigenvalue weighted by Crippen LogP contribution is 2.26. The number of benzene rings is 1. The predicted molar refractivity (Wildman–Crippen MR) is 73.6 cm³/mol. The van der Waals surface area contributed by atoms with Crippen molar-refractivity contribution in [1.29, 1.82) is 0 Å². The Morgan fingerprint density at radius 3 is 2.63 bits per heavy atom. The standard InChI is InChI=1S/C12H13ClN2O3S/c1-8-3-2-4-10(13)12(8)15-7-9-5-6-11(18-9)19(14,16)17/h2-6,15H,7H2,1H3,(H2,14,16,17). The summed E-state index contributed by atoms with van der Waals surface area (Å²) in [5.41, 5.74) is 1.78. The van der Waals surface area contributed by atoms with E-state index in [1.807, 2.05) is 19.1 Å². The number of nitrogens with two attached hydrogens (primary N) is 1. The summed E-state index contributed by atoms with van der Waals surface area (Å²) in [6.45, 7) is 2.24. The van der Waals surface area contributed by atoms with E-state index in [1.54, 1.807) is 12.1 Å². The lowest BCUT2D eigenvalue weighted by molar-refractivity contribution is 0.419. The number of furan rings is 1. The topological polar surface area (TPSA) is 85.3 Å². The molecule has 0 bridgehead atoms. The Morgan fingerprint density at radius 2 is 2.05 bits per heavy atom. The summed E-state index contributed by atoms with van der Waals surface area (Å²) in [5.74, 6) is 0.461. The molecule has 0 fully saturated rings. The number of aryl methyl sites for hydroxylation is 1. The molecule has 19 heavy (non-hydrogen) atoms. The summed E-state index contributed by atoms with van der Waals surface area (Å²) in [7, 11) is -3.80. The molecule has 2 rings (SSSR count). The maximum atomic E-state index is 11.1. The van der Waals surface area contributed by atoms with Crippen LogP contribution in [0.5, 0.6) is 0 Å². The zero-order valence-electron chi connectivity index (χ0n) is 10.2. The van der Waals surface area contributed by atoms with Gasteiger partial charge in [-0.3, -0.25) is 0 Å². The molecule has 7 heteroatoms. The van der Waals surface area contributed by atoms with E-state index in [2.05, 4.69) is 5.32 Å². The molecule has 1 aromatic heterocycles. The number of rotatable bonds is 4. The minimum absolute atomic E-state index is 0.250. The van der Waals surface area contributed by atoms with E-state index in [-0.39, 0.29) is 5.09 Å². The first kappa shape index (κ1) is 13.9. The Kier molecular flexibility index (Phi) is 3.84. The van der Waals surface area contributed by atoms with E-state index >= 15 is 0 Å². The smallest absolute Gasteiger partial charge is 0.271 e. The second kappa shape index (κ2) is 5.24. The molecule has 102 valence electrons. The molecule has 0 saturated heterocycles. The third-order valence-electron chi connectivity index (χ3n) is 2.58. The van der Waals surface area contributed by atoms with Crippen molar-refractivity contribution >= 4 is 27.3 Å². The lowest BCUT2D eigenvalue weighted by atomic mass is 10.2. The van der Waals surface area contributed by atoms with Gasteiger partial charge < -0.3 is 9.73 Å². The first-order chi connectivity index (χ1) is 8.88. The third kappa shape index (κ3) is 3.28. The normalized spacial score (nSPS) is 11.5. The Hall–Kier alpha value is -1.50. The van der Waals surface area contributed by atoms with Gasteiger partial charge in [0, 0.05) is 0 Å². The summed E-state index contributed by atoms with van der Waals surface area (Å²) in [6, 6.07) is 8.43. The SMILES string of the molecule is Cc1cccc(Cl)c1NCc1ccc(S(N)(=O)=O)o1. The van der Waals surface area contributed by atoms with Crippen LogP contribution in [0.1, 0.15) is 11.3 Å². The van der Waals surface area contributed by atoms with Crippen LogP contribution in [0.2, 0.25) is 5.02 Å². The molecule has 1 aromatic carbocycles. The van der Waals surface area contributed by atoms with Crippen molar-refractivity contribution in [1.82, 2.24) is 0 Å². The minimum Gasteiger partial charge on any atom is -0.446 e. The van der Waals surface area contributed by atoms with E-state index in [0.717, 1.165) is 11.3 Å². The van der Waals surface area contributed by atoms with E-state index in [0.29, 0.717) is 17.3 Å². The van der Waals surface area contributed by atoms with Crippen molar-refractivity contribution in [2.75, 3.05) is 5.32 Å². The quantitative estimate of drug-likeness (QED) is 0.908. The molecular formula is C12H13ClN2O3S. The van der Waals surface area contributed by atoms with Gasteiger partial charge in [0.1, 0.15) is 5.76 Å². The number of para-hydroxylation sites is 1. The summed E-state index contributed by atoms with van der Waals surface area (Å²) in [6.07, 6.45) is 0. The van der Waals surface area contributed by atoms with Gasteiger partial charge in [-0.15, -0.1) is 0 Å². The van der Waals surface area contributed by atoms with Gasteiger partial charge in [0.25, 0.3) is 10.0 Å². The summed E-state index contributed by atoms with van der Waals surface area (Å²) in [5, 5.41) is 8.41. The maximum Gasteiger partial charge on any atom is 0.271 e. The van der Waals surface area contributed by atoms with Crippen LogP contribution in [0.3, 0.4) is 0 Å². The summed E-state index contributed by atoms with van der Waals surface area (Å²) >= 11 is 6.06. The first-order valence-corrected chi connectivity index (χ1v) is 7.41. The zero-order valence-corrected chi connectivity index (χ0v) is 11.8. The molecule has 3 N–H and O–H groups in total. The summed E-state index contributed by atoms with van der Waals surface area (Å²) in [4.78, 5) is 0. The molecule has 2 aromatic rings. The van der Waals surface area contributed by atoms with Gasteiger partial charge in [-0.25, -0.2) is 13.6 Å². The lowest BCUT2D eigenvalue weighted by Gasteiger charge is -2.09. The van der Waals surface area contributed by atoms with Gasteiger partial charge in [-0.1, -0.05) is 23.7 Å². The van der Waals surface area contributed by atoms with Gasteiger partial charge in [-0.05, 0) is 30.7 Å². The van der Waals surface area contributed by atoms with Crippen LogP contribution in [0.15, 0.2) is 39.8 Å². The maximum absolute atomic E-state index is 11.1. The fourth-order valence-electron chi connectivity index (χ4n) is 1.64. The van der Waals surface area contributed by atoms with Crippen LogP contribution in [0.4, 0.5) is 5.69 Å². The van der Waals surface area contributed by atoms with Gasteiger partial charge in [0.05, 0.1) is 17.3 Å². The van der Waals surface area contributed by atoms with Crippen LogP contribution >= 0.6 is 11.6 Å². The number of sulfonamides is 1. The molecule has 0 aliphatic carbocycles. The van der Waals surface area contributed by atoms with Gasteiger partial charge in [-0.2, -0.15) is 0 Å². The second-order valence-corrected chi connectivity index (χ2v) is 5.95. The fraction of sp³-hybridized carbons (Fsp3) is 0.167. The second-order valence-electron chi connectivity index (χ2n) is 4.05. The molecule has 0 spiro atoms. The first-order valence-electron chi connectivity index (χ1n) is 5.48. The molecular weight excluding hydrogens is 288 g/mol. The van der Waals surface area contributed by atoms with Gasteiger partial charge >= 0.3 is 0 Å². The molecule has 0 unspecified atom stereocenters. The van der Waals surface area contributed by atoms with Crippen molar-refractivity contribution in [2.45, 2.75) is 18.6 Å². The van der Waals surface area contributed by atoms with Gasteiger partial charge in [0.2, 0.25) is 5.09 Å². The number of hydrogen-bond acceptors (Lipinski definition) is 4. The largest absolute Gasteiger partial charge is 0.446 e. The highest BCUT2D eigenvalue weighted by Gasteiger charge is 2.13. The van der Waals surface area contributed by atoms with Crippen molar-refractivity contribution in [2.24, 2.45) is 5.14 Å². The molecule has 0 saturated carbocycles. The molecule has 0 atom stereocenters. The Labute approximate surface area is 116 Å². The Balaban J connectivity index is 2.13. The van der Waals surface area contributed by atoms with Crippen LogP contribution in [-0.2, 0) is 16.6 Å².